The number of nitriles is 1. The third-order valence-electron chi connectivity index (χ3n) is 2.15. The number of carbonyl (C=O) groups is 1. The number of hydrogen-bond acceptors (Lipinski definition) is 3. The summed E-state index contributed by atoms with van der Waals surface area (Å²) < 4.78 is 0. The molecule has 1 aromatic rings. The lowest BCUT2D eigenvalue weighted by Gasteiger charge is -2.23. The average molecular weight is 203 g/mol. The topological polar surface area (TPSA) is 57.0 Å². The van der Waals surface area contributed by atoms with Crippen LogP contribution in [-0.4, -0.2) is 17.9 Å². The number of anilines is 1. The van der Waals surface area contributed by atoms with Crippen LogP contribution in [0.2, 0.25) is 0 Å². The number of carbonyl (C=O) groups excluding carboxylic acids is 1. The largest absolute Gasteiger partial charge is 0.313 e. The van der Waals surface area contributed by atoms with Gasteiger partial charge in [0.15, 0.2) is 0 Å². The maximum atomic E-state index is 11.9. The number of amides is 1. The SMILES string of the molecule is CN(C(=O)C(C)(C)C#N)c1cccnc1. The Bertz CT molecular complexity index is 392. The minimum atomic E-state index is -1.01. The molecule has 0 aliphatic heterocycles. The summed E-state index contributed by atoms with van der Waals surface area (Å²) in [6.45, 7) is 3.20. The lowest BCUT2D eigenvalue weighted by molar-refractivity contribution is -0.123. The molecule has 0 fully saturated rings. The zero-order chi connectivity index (χ0) is 11.5. The van der Waals surface area contributed by atoms with Crippen molar-refractivity contribution in [2.24, 2.45) is 5.41 Å². The van der Waals surface area contributed by atoms with Crippen molar-refractivity contribution in [2.75, 3.05) is 11.9 Å². The fraction of sp³-hybridized carbons (Fsp3) is 0.364. The van der Waals surface area contributed by atoms with E-state index in [1.807, 2.05) is 6.07 Å². The molecule has 0 N–H and O–H groups in total. The summed E-state index contributed by atoms with van der Waals surface area (Å²) in [4.78, 5) is 17.2. The zero-order valence-electron chi connectivity index (χ0n) is 9.06. The Hall–Kier alpha value is -1.89. The highest BCUT2D eigenvalue weighted by atomic mass is 16.2. The van der Waals surface area contributed by atoms with Gasteiger partial charge in [-0.3, -0.25) is 9.78 Å². The van der Waals surface area contributed by atoms with Gasteiger partial charge >= 0.3 is 0 Å². The van der Waals surface area contributed by atoms with Crippen LogP contribution >= 0.6 is 0 Å². The van der Waals surface area contributed by atoms with Crippen molar-refractivity contribution >= 4 is 11.6 Å². The number of rotatable bonds is 2. The van der Waals surface area contributed by atoms with Crippen molar-refractivity contribution in [2.45, 2.75) is 13.8 Å². The highest BCUT2D eigenvalue weighted by Crippen LogP contribution is 2.20. The first-order valence-corrected chi connectivity index (χ1v) is 4.58. The molecule has 0 saturated carbocycles. The first kappa shape index (κ1) is 11.2. The van der Waals surface area contributed by atoms with Gasteiger partial charge in [-0.05, 0) is 26.0 Å². The van der Waals surface area contributed by atoms with E-state index in [2.05, 4.69) is 4.98 Å². The van der Waals surface area contributed by atoms with Crippen LogP contribution in [0.15, 0.2) is 24.5 Å². The van der Waals surface area contributed by atoms with Crippen LogP contribution in [0.5, 0.6) is 0 Å². The molecule has 0 aromatic carbocycles. The average Bonchev–Trinajstić information content (AvgIpc) is 2.28. The van der Waals surface area contributed by atoms with Gasteiger partial charge < -0.3 is 4.90 Å². The molecule has 0 aliphatic rings. The van der Waals surface area contributed by atoms with Crippen LogP contribution in [0.1, 0.15) is 13.8 Å². The first-order valence-electron chi connectivity index (χ1n) is 4.58. The zero-order valence-corrected chi connectivity index (χ0v) is 9.06. The van der Waals surface area contributed by atoms with Gasteiger partial charge in [0.2, 0.25) is 5.91 Å². The molecule has 1 aromatic heterocycles. The number of pyridine rings is 1. The Balaban J connectivity index is 2.93. The molecule has 1 rings (SSSR count). The maximum Gasteiger partial charge on any atom is 0.246 e. The fourth-order valence-corrected chi connectivity index (χ4v) is 1.14. The molecule has 0 aliphatic carbocycles. The number of nitrogens with zero attached hydrogens (tertiary/aromatic N) is 3. The summed E-state index contributed by atoms with van der Waals surface area (Å²) >= 11 is 0. The number of hydrogen-bond donors (Lipinski definition) is 0. The second-order valence-electron chi connectivity index (χ2n) is 3.81. The molecule has 1 amide bonds. The normalized spacial score (nSPS) is 10.5. The van der Waals surface area contributed by atoms with E-state index in [0.717, 1.165) is 0 Å². The Morgan fingerprint density at radius 3 is 2.73 bits per heavy atom. The van der Waals surface area contributed by atoms with Crippen LogP contribution in [-0.2, 0) is 4.79 Å². The van der Waals surface area contributed by atoms with Gasteiger partial charge in [0.1, 0.15) is 5.41 Å². The second kappa shape index (κ2) is 4.09. The van der Waals surface area contributed by atoms with Crippen LogP contribution in [0, 0.1) is 16.7 Å². The van der Waals surface area contributed by atoms with E-state index in [9.17, 15) is 4.79 Å². The molecule has 4 nitrogen and oxygen atoms in total. The monoisotopic (exact) mass is 203 g/mol. The van der Waals surface area contributed by atoms with Gasteiger partial charge in [0, 0.05) is 13.2 Å². The fourth-order valence-electron chi connectivity index (χ4n) is 1.14. The molecular weight excluding hydrogens is 190 g/mol. The summed E-state index contributed by atoms with van der Waals surface area (Å²) in [6.07, 6.45) is 3.22. The molecule has 0 spiro atoms. The molecule has 0 unspecified atom stereocenters. The van der Waals surface area contributed by atoms with E-state index < -0.39 is 5.41 Å². The Morgan fingerprint density at radius 1 is 1.60 bits per heavy atom. The second-order valence-corrected chi connectivity index (χ2v) is 3.81. The Labute approximate surface area is 89.2 Å². The highest BCUT2D eigenvalue weighted by Gasteiger charge is 2.30. The van der Waals surface area contributed by atoms with E-state index in [1.165, 1.54) is 4.90 Å². The summed E-state index contributed by atoms with van der Waals surface area (Å²) in [7, 11) is 1.64. The van der Waals surface area contributed by atoms with Crippen LogP contribution in [0.4, 0.5) is 5.69 Å². The van der Waals surface area contributed by atoms with E-state index in [1.54, 1.807) is 45.4 Å². The predicted octanol–water partition coefficient (Wildman–Crippen LogP) is 1.59. The molecule has 0 radical (unpaired) electrons. The quantitative estimate of drug-likeness (QED) is 0.733. The van der Waals surface area contributed by atoms with Crippen LogP contribution in [0.3, 0.4) is 0 Å². The van der Waals surface area contributed by atoms with Gasteiger partial charge in [-0.1, -0.05) is 0 Å². The smallest absolute Gasteiger partial charge is 0.246 e. The predicted molar refractivity (Wildman–Crippen MR) is 57.0 cm³/mol. The summed E-state index contributed by atoms with van der Waals surface area (Å²) in [6, 6.07) is 5.50. The molecule has 15 heavy (non-hydrogen) atoms. The van der Waals surface area contributed by atoms with Crippen molar-refractivity contribution in [3.63, 3.8) is 0 Å². The summed E-state index contributed by atoms with van der Waals surface area (Å²) in [5.74, 6) is -0.238. The minimum Gasteiger partial charge on any atom is -0.313 e. The molecule has 0 saturated heterocycles. The summed E-state index contributed by atoms with van der Waals surface area (Å²) in [5.41, 5.74) is -0.323. The van der Waals surface area contributed by atoms with Gasteiger partial charge in [-0.15, -0.1) is 0 Å². The van der Waals surface area contributed by atoms with E-state index in [0.29, 0.717) is 5.69 Å². The lowest BCUT2D eigenvalue weighted by Crippen LogP contribution is -2.37. The summed E-state index contributed by atoms with van der Waals surface area (Å²) in [5, 5.41) is 8.85. The third-order valence-corrected chi connectivity index (χ3v) is 2.15. The number of aromatic nitrogens is 1. The Morgan fingerprint density at radius 2 is 2.27 bits per heavy atom. The van der Waals surface area contributed by atoms with Crippen molar-refractivity contribution in [1.82, 2.24) is 4.98 Å². The van der Waals surface area contributed by atoms with Crippen molar-refractivity contribution in [1.29, 1.82) is 5.26 Å². The Kier molecular flexibility index (Phi) is 3.05. The van der Waals surface area contributed by atoms with Gasteiger partial charge in [0.25, 0.3) is 0 Å². The van der Waals surface area contributed by atoms with Crippen molar-refractivity contribution in [3.8, 4) is 6.07 Å². The molecule has 78 valence electrons. The standard InChI is InChI=1S/C11H13N3O/c1-11(2,8-12)10(15)14(3)9-5-4-6-13-7-9/h4-7H,1-3H3. The van der Waals surface area contributed by atoms with E-state index >= 15 is 0 Å². The molecule has 4 heteroatoms. The molecule has 0 atom stereocenters. The van der Waals surface area contributed by atoms with Crippen LogP contribution < -0.4 is 4.90 Å². The maximum absolute atomic E-state index is 11.9. The third kappa shape index (κ3) is 2.32. The molecule has 0 bridgehead atoms. The van der Waals surface area contributed by atoms with E-state index in [4.69, 9.17) is 5.26 Å². The highest BCUT2D eigenvalue weighted by molar-refractivity contribution is 5.98. The van der Waals surface area contributed by atoms with Gasteiger partial charge in [0.05, 0.1) is 18.0 Å². The molecule has 1 heterocycles. The van der Waals surface area contributed by atoms with Gasteiger partial charge in [-0.2, -0.15) is 5.26 Å². The van der Waals surface area contributed by atoms with E-state index in [-0.39, 0.29) is 5.91 Å². The lowest BCUT2D eigenvalue weighted by atomic mass is 9.94. The molecular formula is C11H13N3O. The van der Waals surface area contributed by atoms with Crippen LogP contribution in [0.25, 0.3) is 0 Å². The minimum absolute atomic E-state index is 0.238. The first-order chi connectivity index (χ1) is 6.99. The van der Waals surface area contributed by atoms with Crippen molar-refractivity contribution in [3.05, 3.63) is 24.5 Å². The van der Waals surface area contributed by atoms with Gasteiger partial charge in [-0.25, -0.2) is 0 Å². The van der Waals surface area contributed by atoms with Crippen molar-refractivity contribution < 1.29 is 4.79 Å².